The Morgan fingerprint density at radius 3 is 2.59 bits per heavy atom. The molecule has 0 radical (unpaired) electrons. The fraction of sp³-hybridized carbons (Fsp3) is 0.375. The first-order valence-electron chi connectivity index (χ1n) is 10.5. The lowest BCUT2D eigenvalue weighted by molar-refractivity contribution is -0.132. The Morgan fingerprint density at radius 2 is 1.86 bits per heavy atom. The maximum absolute atomic E-state index is 13.0. The van der Waals surface area contributed by atoms with Crippen LogP contribution in [-0.4, -0.2) is 33.5 Å². The molecule has 29 heavy (non-hydrogen) atoms. The number of carbonyl (C=O) groups excluding carboxylic acids is 1. The van der Waals surface area contributed by atoms with E-state index in [9.17, 15) is 4.79 Å². The van der Waals surface area contributed by atoms with Crippen molar-refractivity contribution in [3.8, 4) is 11.4 Å². The van der Waals surface area contributed by atoms with E-state index in [1.165, 1.54) is 5.56 Å². The number of carbonyl (C=O) groups is 1. The molecule has 1 fully saturated rings. The van der Waals surface area contributed by atoms with Crippen molar-refractivity contribution in [3.05, 3.63) is 72.1 Å². The van der Waals surface area contributed by atoms with E-state index < -0.39 is 0 Å². The Balaban J connectivity index is 1.40. The lowest BCUT2D eigenvalue weighted by Gasteiger charge is -2.31. The van der Waals surface area contributed by atoms with Gasteiger partial charge in [0.05, 0.1) is 0 Å². The van der Waals surface area contributed by atoms with Gasteiger partial charge in [-0.15, -0.1) is 0 Å². The Bertz CT molecular complexity index is 924. The van der Waals surface area contributed by atoms with Crippen molar-refractivity contribution >= 4 is 5.91 Å². The number of aromatic nitrogens is 2. The number of hydrogen-bond acceptors (Lipinski definition) is 4. The molecule has 5 nitrogen and oxygen atoms in total. The average Bonchev–Trinajstić information content (AvgIpc) is 3.44. The molecule has 0 saturated carbocycles. The quantitative estimate of drug-likeness (QED) is 0.579. The van der Waals surface area contributed by atoms with Crippen LogP contribution in [0.1, 0.15) is 50.0 Å². The zero-order valence-corrected chi connectivity index (χ0v) is 16.8. The third-order valence-electron chi connectivity index (χ3n) is 5.80. The summed E-state index contributed by atoms with van der Waals surface area (Å²) >= 11 is 0. The summed E-state index contributed by atoms with van der Waals surface area (Å²) in [5.74, 6) is 1.65. The molecular weight excluding hydrogens is 362 g/mol. The fourth-order valence-corrected chi connectivity index (χ4v) is 4.37. The van der Waals surface area contributed by atoms with Gasteiger partial charge >= 0.3 is 0 Å². The summed E-state index contributed by atoms with van der Waals surface area (Å²) in [6.07, 6.45) is 4.04. The van der Waals surface area contributed by atoms with Crippen LogP contribution in [0, 0.1) is 0 Å². The van der Waals surface area contributed by atoms with Gasteiger partial charge in [0.1, 0.15) is 0 Å². The molecule has 1 aromatic heterocycles. The molecule has 3 aromatic rings. The van der Waals surface area contributed by atoms with Crippen LogP contribution in [0.3, 0.4) is 0 Å². The first-order chi connectivity index (χ1) is 14.3. The predicted octanol–water partition coefficient (Wildman–Crippen LogP) is 4.85. The molecule has 1 aliphatic heterocycles. The van der Waals surface area contributed by atoms with Crippen LogP contribution in [0.2, 0.25) is 0 Å². The number of rotatable bonds is 7. The largest absolute Gasteiger partial charge is 0.339 e. The van der Waals surface area contributed by atoms with Gasteiger partial charge in [-0.1, -0.05) is 72.7 Å². The summed E-state index contributed by atoms with van der Waals surface area (Å²) in [6.45, 7) is 3.05. The SMILES string of the molecule is CC[C@@H](c1ccccc1)[C@@H]1CCCN1C(=O)CCc1nc(-c2ccccc2)no1. The Kier molecular flexibility index (Phi) is 6.03. The second kappa shape index (κ2) is 9.03. The molecule has 2 aromatic carbocycles. The van der Waals surface area contributed by atoms with Crippen molar-refractivity contribution in [1.29, 1.82) is 0 Å². The summed E-state index contributed by atoms with van der Waals surface area (Å²) in [5.41, 5.74) is 2.24. The molecule has 0 bridgehead atoms. The van der Waals surface area contributed by atoms with Crippen LogP contribution in [-0.2, 0) is 11.2 Å². The molecule has 1 aliphatic rings. The van der Waals surface area contributed by atoms with Crippen molar-refractivity contribution < 1.29 is 9.32 Å². The van der Waals surface area contributed by atoms with Crippen molar-refractivity contribution in [2.24, 2.45) is 0 Å². The van der Waals surface area contributed by atoms with Gasteiger partial charge in [-0.2, -0.15) is 4.98 Å². The Morgan fingerprint density at radius 1 is 1.14 bits per heavy atom. The molecule has 0 N–H and O–H groups in total. The molecule has 2 heterocycles. The predicted molar refractivity (Wildman–Crippen MR) is 112 cm³/mol. The highest BCUT2D eigenvalue weighted by atomic mass is 16.5. The smallest absolute Gasteiger partial charge is 0.227 e. The van der Waals surface area contributed by atoms with Gasteiger partial charge in [0.25, 0.3) is 0 Å². The Labute approximate surface area is 171 Å². The average molecular weight is 389 g/mol. The number of amides is 1. The van der Waals surface area contributed by atoms with Crippen molar-refractivity contribution in [2.75, 3.05) is 6.54 Å². The zero-order valence-electron chi connectivity index (χ0n) is 16.8. The highest BCUT2D eigenvalue weighted by molar-refractivity contribution is 5.77. The number of aryl methyl sites for hydroxylation is 1. The first-order valence-corrected chi connectivity index (χ1v) is 10.5. The molecule has 0 spiro atoms. The second-order valence-corrected chi connectivity index (χ2v) is 7.60. The van der Waals surface area contributed by atoms with Crippen LogP contribution >= 0.6 is 0 Å². The molecule has 0 unspecified atom stereocenters. The highest BCUT2D eigenvalue weighted by Crippen LogP contribution is 2.34. The van der Waals surface area contributed by atoms with E-state index in [1.807, 2.05) is 36.4 Å². The lowest BCUT2D eigenvalue weighted by Crippen LogP contribution is -2.39. The van der Waals surface area contributed by atoms with Gasteiger partial charge in [-0.25, -0.2) is 0 Å². The molecular formula is C24H27N3O2. The molecule has 150 valence electrons. The summed E-state index contributed by atoms with van der Waals surface area (Å²) in [7, 11) is 0. The molecule has 4 rings (SSSR count). The minimum absolute atomic E-state index is 0.182. The van der Waals surface area contributed by atoms with Gasteiger partial charge in [-0.3, -0.25) is 4.79 Å². The van der Waals surface area contributed by atoms with E-state index in [4.69, 9.17) is 4.52 Å². The van der Waals surface area contributed by atoms with Crippen LogP contribution in [0.15, 0.2) is 65.2 Å². The molecule has 0 aliphatic carbocycles. The van der Waals surface area contributed by atoms with E-state index in [0.29, 0.717) is 30.5 Å². The third kappa shape index (κ3) is 4.39. The van der Waals surface area contributed by atoms with Crippen molar-refractivity contribution in [1.82, 2.24) is 15.0 Å². The van der Waals surface area contributed by atoms with Crippen LogP contribution < -0.4 is 0 Å². The van der Waals surface area contributed by atoms with Crippen molar-refractivity contribution in [3.63, 3.8) is 0 Å². The molecule has 1 amide bonds. The number of hydrogen-bond donors (Lipinski definition) is 0. The maximum atomic E-state index is 13.0. The van der Waals surface area contributed by atoms with Gasteiger partial charge in [-0.05, 0) is 24.8 Å². The number of nitrogens with zero attached hydrogens (tertiary/aromatic N) is 3. The zero-order chi connectivity index (χ0) is 20.1. The minimum atomic E-state index is 0.182. The summed E-state index contributed by atoms with van der Waals surface area (Å²) in [5, 5.41) is 4.05. The van der Waals surface area contributed by atoms with Gasteiger partial charge < -0.3 is 9.42 Å². The summed E-state index contributed by atoms with van der Waals surface area (Å²) in [4.78, 5) is 19.5. The number of benzene rings is 2. The monoisotopic (exact) mass is 389 g/mol. The van der Waals surface area contributed by atoms with Gasteiger partial charge in [0.2, 0.25) is 17.6 Å². The molecule has 2 atom stereocenters. The van der Waals surface area contributed by atoms with Gasteiger partial charge in [0, 0.05) is 36.9 Å². The van der Waals surface area contributed by atoms with E-state index in [-0.39, 0.29) is 11.9 Å². The van der Waals surface area contributed by atoms with E-state index in [2.05, 4.69) is 46.2 Å². The van der Waals surface area contributed by atoms with Crippen LogP contribution in [0.5, 0.6) is 0 Å². The summed E-state index contributed by atoms with van der Waals surface area (Å²) < 4.78 is 5.37. The van der Waals surface area contributed by atoms with Crippen LogP contribution in [0.25, 0.3) is 11.4 Å². The first kappa shape index (κ1) is 19.4. The maximum Gasteiger partial charge on any atom is 0.227 e. The van der Waals surface area contributed by atoms with Crippen LogP contribution in [0.4, 0.5) is 0 Å². The van der Waals surface area contributed by atoms with E-state index >= 15 is 0 Å². The second-order valence-electron chi connectivity index (χ2n) is 7.60. The molecule has 1 saturated heterocycles. The Hall–Kier alpha value is -2.95. The van der Waals surface area contributed by atoms with Gasteiger partial charge in [0.15, 0.2) is 0 Å². The van der Waals surface area contributed by atoms with E-state index in [1.54, 1.807) is 0 Å². The molecule has 5 heteroatoms. The fourth-order valence-electron chi connectivity index (χ4n) is 4.37. The highest BCUT2D eigenvalue weighted by Gasteiger charge is 2.34. The third-order valence-corrected chi connectivity index (χ3v) is 5.80. The normalized spacial score (nSPS) is 17.4. The topological polar surface area (TPSA) is 59.2 Å². The summed E-state index contributed by atoms with van der Waals surface area (Å²) in [6, 6.07) is 20.6. The van der Waals surface area contributed by atoms with E-state index in [0.717, 1.165) is 31.4 Å². The standard InChI is InChI=1S/C24H27N3O2/c1-2-20(18-10-5-3-6-11-18)21-14-9-17-27(21)23(28)16-15-22-25-24(26-29-22)19-12-7-4-8-13-19/h3-8,10-13,20-21H,2,9,14-17H2,1H3/t20-,21-/m0/s1. The minimum Gasteiger partial charge on any atom is -0.339 e. The lowest BCUT2D eigenvalue weighted by atomic mass is 9.87. The number of likely N-dealkylation sites (tertiary alicyclic amines) is 1. The van der Waals surface area contributed by atoms with Crippen molar-refractivity contribution in [2.45, 2.75) is 51.0 Å².